The highest BCUT2D eigenvalue weighted by Crippen LogP contribution is 2.69. The maximum Gasteiger partial charge on any atom is 0.303 e. The molecule has 0 aromatic rings. The summed E-state index contributed by atoms with van der Waals surface area (Å²) in [6.07, 6.45) is -0.0297. The molecule has 3 fully saturated rings. The Hall–Kier alpha value is -1.96. The molecule has 0 aromatic carbocycles. The number of ether oxygens (including phenoxy) is 1. The molecule has 0 heterocycles. The molecule has 0 spiro atoms. The zero-order chi connectivity index (χ0) is 23.8. The summed E-state index contributed by atoms with van der Waals surface area (Å²) in [6.45, 7) is 4.88. The largest absolute Gasteiger partial charge is 0.450 e. The van der Waals surface area contributed by atoms with Gasteiger partial charge in [0.1, 0.15) is 6.17 Å². The van der Waals surface area contributed by atoms with Gasteiger partial charge in [0.25, 0.3) is 0 Å². The molecule has 4 aliphatic carbocycles. The van der Waals surface area contributed by atoms with Crippen LogP contribution in [0.1, 0.15) is 47.0 Å². The van der Waals surface area contributed by atoms with Gasteiger partial charge in [-0.1, -0.05) is 26.8 Å². The third kappa shape index (κ3) is 2.71. The fourth-order valence-corrected chi connectivity index (χ4v) is 7.94. The standard InChI is InChI=1S/C24H29F3O5/c1-11-7-14-13-8-15(26)20-21(27)16(29)5-6-22(20,3)19(13)17(30)9-23(14,4)24(11,18(31)10-25)32-12(2)28/h5-6,11,13-15,17,19,30H,7-10H2,1-4H3/t11-,13+,14+,15+,17+,19-,22-,23+,24-/m1/s1. The molecule has 0 bridgehead atoms. The molecule has 0 amide bonds. The number of hydrogen-bond acceptors (Lipinski definition) is 5. The predicted octanol–water partition coefficient (Wildman–Crippen LogP) is 3.60. The number of aliphatic hydroxyl groups is 1. The molecule has 176 valence electrons. The van der Waals surface area contributed by atoms with E-state index in [2.05, 4.69) is 0 Å². The summed E-state index contributed by atoms with van der Waals surface area (Å²) in [7, 11) is 0. The first-order chi connectivity index (χ1) is 14.8. The molecule has 3 saturated carbocycles. The van der Waals surface area contributed by atoms with Crippen LogP contribution in [-0.2, 0) is 19.1 Å². The van der Waals surface area contributed by atoms with Crippen molar-refractivity contribution >= 4 is 17.5 Å². The molecule has 5 nitrogen and oxygen atoms in total. The van der Waals surface area contributed by atoms with Gasteiger partial charge in [-0.2, -0.15) is 0 Å². The number of allylic oxidation sites excluding steroid dienone is 4. The van der Waals surface area contributed by atoms with Crippen LogP contribution in [0.4, 0.5) is 13.2 Å². The molecule has 1 N–H and O–H groups in total. The van der Waals surface area contributed by atoms with Gasteiger partial charge in [0, 0.05) is 35.2 Å². The lowest BCUT2D eigenvalue weighted by Gasteiger charge is -2.60. The van der Waals surface area contributed by atoms with Crippen molar-refractivity contribution in [2.24, 2.45) is 34.5 Å². The number of hydrogen-bond donors (Lipinski definition) is 1. The van der Waals surface area contributed by atoms with Gasteiger partial charge >= 0.3 is 5.97 Å². The van der Waals surface area contributed by atoms with E-state index in [1.54, 1.807) is 20.8 Å². The zero-order valence-corrected chi connectivity index (χ0v) is 18.7. The Kier molecular flexibility index (Phi) is 5.27. The highest BCUT2D eigenvalue weighted by Gasteiger charge is 2.73. The Labute approximate surface area is 185 Å². The normalized spacial score (nSPS) is 47.6. The molecule has 4 rings (SSSR count). The van der Waals surface area contributed by atoms with Crippen LogP contribution < -0.4 is 0 Å². The van der Waals surface area contributed by atoms with E-state index < -0.39 is 76.5 Å². The minimum Gasteiger partial charge on any atom is -0.450 e. The van der Waals surface area contributed by atoms with Gasteiger partial charge in [-0.05, 0) is 37.2 Å². The first-order valence-corrected chi connectivity index (χ1v) is 11.1. The van der Waals surface area contributed by atoms with Gasteiger partial charge in [0.15, 0.2) is 18.1 Å². The minimum absolute atomic E-state index is 0.00538. The Balaban J connectivity index is 1.86. The van der Waals surface area contributed by atoms with Crippen molar-refractivity contribution in [3.63, 3.8) is 0 Å². The summed E-state index contributed by atoms with van der Waals surface area (Å²) in [5.74, 6) is -5.57. The predicted molar refractivity (Wildman–Crippen MR) is 108 cm³/mol. The van der Waals surface area contributed by atoms with Gasteiger partial charge < -0.3 is 9.84 Å². The average Bonchev–Trinajstić information content (AvgIpc) is 2.91. The van der Waals surface area contributed by atoms with E-state index in [-0.39, 0.29) is 24.3 Å². The minimum atomic E-state index is -1.77. The molecule has 4 aliphatic rings. The molecular formula is C24H29F3O5. The first-order valence-electron chi connectivity index (χ1n) is 11.1. The first kappa shape index (κ1) is 23.2. The van der Waals surface area contributed by atoms with Crippen LogP contribution in [0, 0.1) is 34.5 Å². The molecule has 0 aliphatic heterocycles. The average molecular weight is 454 g/mol. The van der Waals surface area contributed by atoms with Crippen LogP contribution in [0.2, 0.25) is 0 Å². The van der Waals surface area contributed by atoms with E-state index in [1.807, 2.05) is 0 Å². The number of alkyl halides is 2. The maximum atomic E-state index is 15.4. The summed E-state index contributed by atoms with van der Waals surface area (Å²) >= 11 is 0. The highest BCUT2D eigenvalue weighted by atomic mass is 19.1. The summed E-state index contributed by atoms with van der Waals surface area (Å²) in [6, 6.07) is 0. The third-order valence-corrected chi connectivity index (χ3v) is 8.93. The highest BCUT2D eigenvalue weighted by molar-refractivity contribution is 6.04. The van der Waals surface area contributed by atoms with Crippen molar-refractivity contribution in [3.05, 3.63) is 23.6 Å². The van der Waals surface area contributed by atoms with E-state index in [0.29, 0.717) is 6.42 Å². The van der Waals surface area contributed by atoms with Crippen LogP contribution >= 0.6 is 0 Å². The molecule has 0 unspecified atom stereocenters. The Morgan fingerprint density at radius 2 is 1.94 bits per heavy atom. The quantitative estimate of drug-likeness (QED) is 0.660. The Morgan fingerprint density at radius 1 is 1.28 bits per heavy atom. The summed E-state index contributed by atoms with van der Waals surface area (Å²) in [4.78, 5) is 36.8. The van der Waals surface area contributed by atoms with Crippen LogP contribution in [-0.4, -0.2) is 47.2 Å². The number of rotatable bonds is 3. The zero-order valence-electron chi connectivity index (χ0n) is 18.7. The molecule has 0 radical (unpaired) electrons. The number of Topliss-reactive ketones (excluding diaryl/α,β-unsaturated/α-hetero) is 1. The maximum absolute atomic E-state index is 15.4. The number of esters is 1. The Morgan fingerprint density at radius 3 is 2.53 bits per heavy atom. The summed E-state index contributed by atoms with van der Waals surface area (Å²) in [5.41, 5.74) is -4.32. The van der Waals surface area contributed by atoms with E-state index in [4.69, 9.17) is 4.74 Å². The van der Waals surface area contributed by atoms with E-state index in [9.17, 15) is 28.3 Å². The van der Waals surface area contributed by atoms with Gasteiger partial charge in [0.05, 0.1) is 6.10 Å². The molecule has 8 heteroatoms. The van der Waals surface area contributed by atoms with Gasteiger partial charge in [0.2, 0.25) is 11.6 Å². The lowest BCUT2D eigenvalue weighted by molar-refractivity contribution is -0.204. The third-order valence-electron chi connectivity index (χ3n) is 8.93. The lowest BCUT2D eigenvalue weighted by atomic mass is 9.45. The second kappa shape index (κ2) is 7.27. The van der Waals surface area contributed by atoms with Crippen LogP contribution in [0.15, 0.2) is 23.6 Å². The fraction of sp³-hybridized carbons (Fsp3) is 0.708. The number of aliphatic hydroxyl groups excluding tert-OH is 1. The number of carbonyl (C=O) groups excluding carboxylic acids is 3. The van der Waals surface area contributed by atoms with Crippen molar-refractivity contribution in [2.45, 2.75) is 64.8 Å². The number of ketones is 2. The topological polar surface area (TPSA) is 80.7 Å². The van der Waals surface area contributed by atoms with Crippen molar-refractivity contribution in [1.29, 1.82) is 0 Å². The lowest BCUT2D eigenvalue weighted by Crippen LogP contribution is -2.64. The van der Waals surface area contributed by atoms with Gasteiger partial charge in [-0.15, -0.1) is 0 Å². The van der Waals surface area contributed by atoms with Crippen LogP contribution in [0.3, 0.4) is 0 Å². The van der Waals surface area contributed by atoms with E-state index in [0.717, 1.165) is 13.0 Å². The van der Waals surface area contributed by atoms with Gasteiger partial charge in [-0.3, -0.25) is 14.4 Å². The summed E-state index contributed by atoms with van der Waals surface area (Å²) < 4.78 is 49.5. The van der Waals surface area contributed by atoms with Gasteiger partial charge in [-0.25, -0.2) is 13.2 Å². The van der Waals surface area contributed by atoms with Crippen LogP contribution in [0.25, 0.3) is 0 Å². The van der Waals surface area contributed by atoms with Crippen LogP contribution in [0.5, 0.6) is 0 Å². The number of carbonyl (C=O) groups is 3. The molecule has 0 saturated heterocycles. The second-order valence-electron chi connectivity index (χ2n) is 10.4. The van der Waals surface area contributed by atoms with E-state index >= 15 is 4.39 Å². The van der Waals surface area contributed by atoms with Crippen molar-refractivity contribution < 1.29 is 37.4 Å². The smallest absolute Gasteiger partial charge is 0.303 e. The fourth-order valence-electron chi connectivity index (χ4n) is 7.94. The SMILES string of the molecule is CC(=O)O[C@@]1(C(=O)CF)[C@H](C)C[C@H]2[C@@H]3C[C@H](F)C4=C(F)C(=O)C=C[C@]4(C)[C@H]3[C@@H](O)C[C@@]21C. The summed E-state index contributed by atoms with van der Waals surface area (Å²) in [5, 5.41) is 11.3. The van der Waals surface area contributed by atoms with E-state index in [1.165, 1.54) is 6.08 Å². The Bertz CT molecular complexity index is 944. The monoisotopic (exact) mass is 454 g/mol. The van der Waals surface area contributed by atoms with Crippen molar-refractivity contribution in [2.75, 3.05) is 6.67 Å². The van der Waals surface area contributed by atoms with Crippen molar-refractivity contribution in [1.82, 2.24) is 0 Å². The number of halogens is 3. The molecule has 0 aromatic heterocycles. The van der Waals surface area contributed by atoms with Crippen molar-refractivity contribution in [3.8, 4) is 0 Å². The number of fused-ring (bicyclic) bond motifs is 5. The second-order valence-corrected chi connectivity index (χ2v) is 10.4. The molecule has 32 heavy (non-hydrogen) atoms. The molecular weight excluding hydrogens is 425 g/mol. The molecule has 9 atom stereocenters.